The first-order valence-electron chi connectivity index (χ1n) is 6.84. The van der Waals surface area contributed by atoms with Crippen LogP contribution in [0.3, 0.4) is 0 Å². The SMILES string of the molecule is CCCOc1ccc(/C=N/Nc2ccccn2)cc1OC. The molecule has 5 nitrogen and oxygen atoms in total. The van der Waals surface area contributed by atoms with Crippen molar-refractivity contribution in [2.75, 3.05) is 19.1 Å². The quantitative estimate of drug-likeness (QED) is 0.626. The maximum Gasteiger partial charge on any atom is 0.161 e. The zero-order valence-electron chi connectivity index (χ0n) is 12.2. The van der Waals surface area contributed by atoms with Gasteiger partial charge in [-0.05, 0) is 42.3 Å². The Hall–Kier alpha value is -2.56. The lowest BCUT2D eigenvalue weighted by Gasteiger charge is -2.10. The summed E-state index contributed by atoms with van der Waals surface area (Å²) in [6.07, 6.45) is 4.38. The minimum Gasteiger partial charge on any atom is -0.493 e. The van der Waals surface area contributed by atoms with Gasteiger partial charge in [0.25, 0.3) is 0 Å². The molecular formula is C16H19N3O2. The second-order valence-electron chi connectivity index (χ2n) is 4.34. The summed E-state index contributed by atoms with van der Waals surface area (Å²) in [6.45, 7) is 2.74. The lowest BCUT2D eigenvalue weighted by atomic mass is 10.2. The molecule has 0 atom stereocenters. The topological polar surface area (TPSA) is 55.7 Å². The standard InChI is InChI=1S/C16H19N3O2/c1-3-10-21-14-8-7-13(11-15(14)20-2)12-18-19-16-6-4-5-9-17-16/h4-9,11-12H,3,10H2,1-2H3,(H,17,19)/b18-12+. The third-order valence-electron chi connectivity index (χ3n) is 2.71. The van der Waals surface area contributed by atoms with E-state index in [-0.39, 0.29) is 0 Å². The van der Waals surface area contributed by atoms with Gasteiger partial charge in [0.2, 0.25) is 0 Å². The molecule has 1 aromatic carbocycles. The van der Waals surface area contributed by atoms with Gasteiger partial charge in [-0.1, -0.05) is 13.0 Å². The average molecular weight is 285 g/mol. The summed E-state index contributed by atoms with van der Waals surface area (Å²) in [6, 6.07) is 11.3. The number of rotatable bonds is 7. The summed E-state index contributed by atoms with van der Waals surface area (Å²) in [5, 5.41) is 4.15. The zero-order chi connectivity index (χ0) is 14.9. The van der Waals surface area contributed by atoms with Crippen molar-refractivity contribution in [1.82, 2.24) is 4.98 Å². The molecule has 0 unspecified atom stereocenters. The summed E-state index contributed by atoms with van der Waals surface area (Å²) in [4.78, 5) is 4.12. The molecule has 0 bridgehead atoms. The van der Waals surface area contributed by atoms with E-state index in [0.717, 1.165) is 17.7 Å². The smallest absolute Gasteiger partial charge is 0.161 e. The molecule has 0 saturated carbocycles. The molecule has 110 valence electrons. The first-order valence-corrected chi connectivity index (χ1v) is 6.84. The Morgan fingerprint density at radius 2 is 2.14 bits per heavy atom. The highest BCUT2D eigenvalue weighted by Gasteiger charge is 2.04. The van der Waals surface area contributed by atoms with Gasteiger partial charge < -0.3 is 9.47 Å². The first-order chi connectivity index (χ1) is 10.3. The largest absolute Gasteiger partial charge is 0.493 e. The fourth-order valence-corrected chi connectivity index (χ4v) is 1.70. The number of nitrogens with one attached hydrogen (secondary N) is 1. The van der Waals surface area contributed by atoms with Crippen molar-refractivity contribution in [3.05, 3.63) is 48.2 Å². The molecule has 21 heavy (non-hydrogen) atoms. The van der Waals surface area contributed by atoms with Crippen LogP contribution in [-0.2, 0) is 0 Å². The number of pyridine rings is 1. The summed E-state index contributed by atoms with van der Waals surface area (Å²) in [7, 11) is 1.63. The normalized spacial score (nSPS) is 10.6. The third kappa shape index (κ3) is 4.49. The molecule has 0 fully saturated rings. The van der Waals surface area contributed by atoms with E-state index in [2.05, 4.69) is 22.4 Å². The third-order valence-corrected chi connectivity index (χ3v) is 2.71. The molecule has 0 amide bonds. The van der Waals surface area contributed by atoms with Crippen molar-refractivity contribution >= 4 is 12.0 Å². The van der Waals surface area contributed by atoms with Gasteiger partial charge in [0.1, 0.15) is 5.82 Å². The van der Waals surface area contributed by atoms with E-state index in [4.69, 9.17) is 9.47 Å². The minimum atomic E-state index is 0.672. The van der Waals surface area contributed by atoms with E-state index in [9.17, 15) is 0 Å². The van der Waals surface area contributed by atoms with Crippen LogP contribution in [0.15, 0.2) is 47.7 Å². The van der Waals surface area contributed by atoms with Crippen LogP contribution in [0.2, 0.25) is 0 Å². The molecule has 1 aromatic heterocycles. The van der Waals surface area contributed by atoms with Gasteiger partial charge in [-0.3, -0.25) is 5.43 Å². The minimum absolute atomic E-state index is 0.672. The highest BCUT2D eigenvalue weighted by atomic mass is 16.5. The molecule has 1 N–H and O–H groups in total. The predicted molar refractivity (Wildman–Crippen MR) is 84.2 cm³/mol. The maximum absolute atomic E-state index is 5.61. The number of benzene rings is 1. The van der Waals surface area contributed by atoms with Crippen LogP contribution in [0.5, 0.6) is 11.5 Å². The van der Waals surface area contributed by atoms with Crippen molar-refractivity contribution in [1.29, 1.82) is 0 Å². The van der Waals surface area contributed by atoms with Crippen LogP contribution < -0.4 is 14.9 Å². The highest BCUT2D eigenvalue weighted by Crippen LogP contribution is 2.27. The number of anilines is 1. The fraction of sp³-hybridized carbons (Fsp3) is 0.250. The zero-order valence-corrected chi connectivity index (χ0v) is 12.2. The van der Waals surface area contributed by atoms with Crippen LogP contribution in [0.25, 0.3) is 0 Å². The number of nitrogens with zero attached hydrogens (tertiary/aromatic N) is 2. The van der Waals surface area contributed by atoms with Crippen molar-refractivity contribution in [2.24, 2.45) is 5.10 Å². The van der Waals surface area contributed by atoms with Gasteiger partial charge in [0.05, 0.1) is 19.9 Å². The lowest BCUT2D eigenvalue weighted by molar-refractivity contribution is 0.294. The number of ether oxygens (including phenoxy) is 2. The van der Waals surface area contributed by atoms with Crippen LogP contribution in [0, 0.1) is 0 Å². The molecule has 0 saturated heterocycles. The van der Waals surface area contributed by atoms with Gasteiger partial charge >= 0.3 is 0 Å². The van der Waals surface area contributed by atoms with E-state index >= 15 is 0 Å². The molecule has 5 heteroatoms. The molecule has 1 heterocycles. The average Bonchev–Trinajstić information content (AvgIpc) is 2.54. The number of hydrogen-bond donors (Lipinski definition) is 1. The summed E-state index contributed by atoms with van der Waals surface area (Å²) in [5.41, 5.74) is 3.78. The molecule has 0 aliphatic rings. The molecule has 0 aliphatic heterocycles. The molecule has 0 aliphatic carbocycles. The molecular weight excluding hydrogens is 266 g/mol. The number of hydrazone groups is 1. The fourth-order valence-electron chi connectivity index (χ4n) is 1.70. The summed E-state index contributed by atoms with van der Waals surface area (Å²) < 4.78 is 10.9. The van der Waals surface area contributed by atoms with Gasteiger partial charge in [0.15, 0.2) is 11.5 Å². The van der Waals surface area contributed by atoms with Gasteiger partial charge in [-0.25, -0.2) is 4.98 Å². The second-order valence-corrected chi connectivity index (χ2v) is 4.34. The van der Waals surface area contributed by atoms with Crippen molar-refractivity contribution in [3.8, 4) is 11.5 Å². The van der Waals surface area contributed by atoms with Crippen LogP contribution in [0.1, 0.15) is 18.9 Å². The lowest BCUT2D eigenvalue weighted by Crippen LogP contribution is -1.99. The Bertz CT molecular complexity index is 585. The van der Waals surface area contributed by atoms with E-state index in [1.165, 1.54) is 0 Å². The van der Waals surface area contributed by atoms with E-state index in [1.807, 2.05) is 36.4 Å². The summed E-state index contributed by atoms with van der Waals surface area (Å²) in [5.74, 6) is 2.14. The Labute approximate surface area is 124 Å². The van der Waals surface area contributed by atoms with Gasteiger partial charge in [-0.15, -0.1) is 0 Å². The van der Waals surface area contributed by atoms with Crippen molar-refractivity contribution in [2.45, 2.75) is 13.3 Å². The summed E-state index contributed by atoms with van der Waals surface area (Å²) >= 11 is 0. The van der Waals surface area contributed by atoms with E-state index < -0.39 is 0 Å². The van der Waals surface area contributed by atoms with Crippen LogP contribution >= 0.6 is 0 Å². The van der Waals surface area contributed by atoms with Crippen LogP contribution in [0.4, 0.5) is 5.82 Å². The Morgan fingerprint density at radius 3 is 2.86 bits per heavy atom. The Kier molecular flexibility index (Phi) is 5.58. The van der Waals surface area contributed by atoms with Crippen molar-refractivity contribution < 1.29 is 9.47 Å². The van der Waals surface area contributed by atoms with E-state index in [0.29, 0.717) is 18.2 Å². The number of aromatic nitrogens is 1. The van der Waals surface area contributed by atoms with Gasteiger partial charge in [-0.2, -0.15) is 5.10 Å². The predicted octanol–water partition coefficient (Wildman–Crippen LogP) is 3.33. The first kappa shape index (κ1) is 14.8. The highest BCUT2D eigenvalue weighted by molar-refractivity contribution is 5.81. The van der Waals surface area contributed by atoms with Gasteiger partial charge in [0, 0.05) is 6.20 Å². The maximum atomic E-state index is 5.61. The van der Waals surface area contributed by atoms with E-state index in [1.54, 1.807) is 19.5 Å². The molecule has 0 spiro atoms. The van der Waals surface area contributed by atoms with Crippen LogP contribution in [-0.4, -0.2) is 24.9 Å². The number of methoxy groups -OCH3 is 1. The Balaban J connectivity index is 2.03. The Morgan fingerprint density at radius 1 is 1.24 bits per heavy atom. The number of hydrogen-bond acceptors (Lipinski definition) is 5. The molecule has 2 rings (SSSR count). The molecule has 0 radical (unpaired) electrons. The molecule has 2 aromatic rings. The second kappa shape index (κ2) is 7.89. The monoisotopic (exact) mass is 285 g/mol. The van der Waals surface area contributed by atoms with Crippen molar-refractivity contribution in [3.63, 3.8) is 0 Å².